The average molecular weight is 250 g/mol. The Balaban J connectivity index is 1.94. The summed E-state index contributed by atoms with van der Waals surface area (Å²) in [6, 6.07) is 0. The fraction of sp³-hybridized carbons (Fsp3) is 0.867. The molecule has 3 heteroatoms. The van der Waals surface area contributed by atoms with Crippen LogP contribution in [0.2, 0.25) is 0 Å². The molecule has 0 aromatic carbocycles. The van der Waals surface area contributed by atoms with E-state index in [1.54, 1.807) is 0 Å². The molecule has 1 aliphatic heterocycles. The molecule has 2 aliphatic carbocycles. The van der Waals surface area contributed by atoms with E-state index < -0.39 is 0 Å². The second-order valence-corrected chi connectivity index (χ2v) is 6.38. The van der Waals surface area contributed by atoms with Crippen molar-refractivity contribution in [2.75, 3.05) is 6.61 Å². The maximum atomic E-state index is 13.0. The first-order valence-corrected chi connectivity index (χ1v) is 7.54. The Hall–Kier alpha value is -0.380. The van der Waals surface area contributed by atoms with Gasteiger partial charge >= 0.3 is 0 Å². The molecule has 1 heterocycles. The van der Waals surface area contributed by atoms with Crippen LogP contribution in [0.5, 0.6) is 0 Å². The first-order valence-electron chi connectivity index (χ1n) is 7.54. The summed E-state index contributed by atoms with van der Waals surface area (Å²) in [6.45, 7) is 0.0699. The molecule has 0 unspecified atom stereocenters. The summed E-state index contributed by atoms with van der Waals surface area (Å²) in [4.78, 5) is 0. The number of aliphatic hydroxyl groups excluding tert-OH is 1. The molecule has 2 fully saturated rings. The van der Waals surface area contributed by atoms with Crippen LogP contribution >= 0.6 is 0 Å². The monoisotopic (exact) mass is 250 g/mol. The van der Waals surface area contributed by atoms with Gasteiger partial charge in [0.25, 0.3) is 0 Å². The Morgan fingerprint density at radius 2 is 1.56 bits per heavy atom. The second kappa shape index (κ2) is 4.62. The van der Waals surface area contributed by atoms with Gasteiger partial charge in [-0.05, 0) is 31.3 Å². The molecule has 1 N–H and O–H groups in total. The Labute approximate surface area is 109 Å². The Kier molecular flexibility index (Phi) is 3.25. The molecule has 0 aromatic rings. The van der Waals surface area contributed by atoms with Gasteiger partial charge in [0.1, 0.15) is 0 Å². The first kappa shape index (κ1) is 12.6. The predicted molar refractivity (Wildman–Crippen MR) is 69.3 cm³/mol. The van der Waals surface area contributed by atoms with E-state index in [1.165, 1.54) is 17.9 Å². The molecule has 2 saturated carbocycles. The van der Waals surface area contributed by atoms with Crippen molar-refractivity contribution >= 4 is 0 Å². The summed E-state index contributed by atoms with van der Waals surface area (Å²) in [6.07, 6.45) is 13.1. The SMILES string of the molecule is [O]N1C2(C=C(CO)C13CCCCC3)CCCCC2. The Morgan fingerprint density at radius 1 is 1.00 bits per heavy atom. The molecule has 0 aromatic heterocycles. The third-order valence-corrected chi connectivity index (χ3v) is 5.40. The van der Waals surface area contributed by atoms with E-state index in [9.17, 15) is 10.3 Å². The van der Waals surface area contributed by atoms with Crippen LogP contribution in [0.4, 0.5) is 0 Å². The van der Waals surface area contributed by atoms with Gasteiger partial charge in [-0.15, -0.1) is 10.3 Å². The molecular weight excluding hydrogens is 226 g/mol. The third-order valence-electron chi connectivity index (χ3n) is 5.40. The third kappa shape index (κ3) is 1.68. The highest BCUT2D eigenvalue weighted by molar-refractivity contribution is 5.34. The highest BCUT2D eigenvalue weighted by atomic mass is 16.5. The van der Waals surface area contributed by atoms with Crippen LogP contribution in [-0.4, -0.2) is 27.9 Å². The number of aliphatic hydroxyl groups is 1. The van der Waals surface area contributed by atoms with Crippen LogP contribution in [-0.2, 0) is 5.21 Å². The molecule has 3 nitrogen and oxygen atoms in total. The lowest BCUT2D eigenvalue weighted by molar-refractivity contribution is -0.267. The van der Waals surface area contributed by atoms with Crippen LogP contribution in [0, 0.1) is 0 Å². The zero-order valence-electron chi connectivity index (χ0n) is 11.2. The summed E-state index contributed by atoms with van der Waals surface area (Å²) in [7, 11) is 0. The summed E-state index contributed by atoms with van der Waals surface area (Å²) in [5.41, 5.74) is 0.414. The van der Waals surface area contributed by atoms with Crippen molar-refractivity contribution in [1.82, 2.24) is 5.06 Å². The van der Waals surface area contributed by atoms with E-state index >= 15 is 0 Å². The minimum atomic E-state index is -0.343. The van der Waals surface area contributed by atoms with Crippen molar-refractivity contribution in [3.63, 3.8) is 0 Å². The van der Waals surface area contributed by atoms with Crippen LogP contribution in [0.25, 0.3) is 0 Å². The van der Waals surface area contributed by atoms with Crippen molar-refractivity contribution < 1.29 is 10.3 Å². The van der Waals surface area contributed by atoms with Crippen molar-refractivity contribution in [2.45, 2.75) is 75.3 Å². The van der Waals surface area contributed by atoms with Gasteiger partial charge in [-0.1, -0.05) is 44.6 Å². The Bertz CT molecular complexity index is 338. The number of hydrogen-bond donors (Lipinski definition) is 1. The molecule has 0 amide bonds. The zero-order valence-corrected chi connectivity index (χ0v) is 11.2. The molecular formula is C15H24NO2. The standard InChI is InChI=1S/C15H24NO2/c17-12-13-11-14(7-3-1-4-8-14)16(18)15(13)9-5-2-6-10-15/h11,17H,1-10,12H2. The highest BCUT2D eigenvalue weighted by Crippen LogP contribution is 2.51. The summed E-state index contributed by atoms with van der Waals surface area (Å²) < 4.78 is 0. The largest absolute Gasteiger partial charge is 0.392 e. The fourth-order valence-electron chi connectivity index (χ4n) is 4.44. The van der Waals surface area contributed by atoms with E-state index in [1.807, 2.05) is 0 Å². The van der Waals surface area contributed by atoms with Crippen molar-refractivity contribution in [3.05, 3.63) is 11.6 Å². The van der Waals surface area contributed by atoms with Gasteiger partial charge in [0.2, 0.25) is 0 Å². The van der Waals surface area contributed by atoms with Crippen LogP contribution in [0.15, 0.2) is 11.6 Å². The minimum Gasteiger partial charge on any atom is -0.392 e. The van der Waals surface area contributed by atoms with Gasteiger partial charge in [-0.3, -0.25) is 0 Å². The quantitative estimate of drug-likeness (QED) is 0.727. The number of nitrogens with zero attached hydrogens (tertiary/aromatic N) is 1. The van der Waals surface area contributed by atoms with Crippen LogP contribution in [0.1, 0.15) is 64.2 Å². The molecule has 0 saturated heterocycles. The number of hydroxylamine groups is 2. The summed E-state index contributed by atoms with van der Waals surface area (Å²) in [5, 5.41) is 24.1. The first-order chi connectivity index (χ1) is 8.73. The van der Waals surface area contributed by atoms with E-state index in [-0.39, 0.29) is 17.7 Å². The predicted octanol–water partition coefficient (Wildman–Crippen LogP) is 2.97. The molecule has 101 valence electrons. The van der Waals surface area contributed by atoms with Gasteiger partial charge in [0.05, 0.1) is 17.7 Å². The number of hydrogen-bond acceptors (Lipinski definition) is 2. The maximum absolute atomic E-state index is 13.0. The van der Waals surface area contributed by atoms with Gasteiger partial charge in [-0.25, -0.2) is 0 Å². The van der Waals surface area contributed by atoms with Gasteiger partial charge in [0.15, 0.2) is 0 Å². The van der Waals surface area contributed by atoms with E-state index in [4.69, 9.17) is 0 Å². The van der Waals surface area contributed by atoms with Crippen molar-refractivity contribution in [1.29, 1.82) is 0 Å². The summed E-state index contributed by atoms with van der Waals surface area (Å²) in [5.74, 6) is 0. The molecule has 3 rings (SSSR count). The van der Waals surface area contributed by atoms with Gasteiger partial charge in [0, 0.05) is 0 Å². The fourth-order valence-corrected chi connectivity index (χ4v) is 4.44. The van der Waals surface area contributed by atoms with Crippen molar-refractivity contribution in [2.24, 2.45) is 0 Å². The Morgan fingerprint density at radius 3 is 2.11 bits per heavy atom. The van der Waals surface area contributed by atoms with Crippen LogP contribution < -0.4 is 0 Å². The summed E-state index contributed by atoms with van der Waals surface area (Å²) >= 11 is 0. The molecule has 0 atom stereocenters. The van der Waals surface area contributed by atoms with E-state index in [0.29, 0.717) is 0 Å². The molecule has 18 heavy (non-hydrogen) atoms. The molecule has 0 bridgehead atoms. The zero-order chi connectivity index (χ0) is 12.6. The lowest BCUT2D eigenvalue weighted by Gasteiger charge is -2.46. The molecule has 2 spiro atoms. The van der Waals surface area contributed by atoms with Crippen molar-refractivity contribution in [3.8, 4) is 0 Å². The smallest absolute Gasteiger partial charge is 0.0734 e. The average Bonchev–Trinajstić information content (AvgIpc) is 2.64. The van der Waals surface area contributed by atoms with Gasteiger partial charge < -0.3 is 5.11 Å². The molecule has 3 aliphatic rings. The second-order valence-electron chi connectivity index (χ2n) is 6.38. The molecule has 1 radical (unpaired) electrons. The normalized spacial score (nSPS) is 30.9. The number of rotatable bonds is 1. The van der Waals surface area contributed by atoms with Gasteiger partial charge in [-0.2, -0.15) is 0 Å². The highest BCUT2D eigenvalue weighted by Gasteiger charge is 2.55. The van der Waals surface area contributed by atoms with Crippen LogP contribution in [0.3, 0.4) is 0 Å². The lowest BCUT2D eigenvalue weighted by atomic mass is 9.77. The lowest BCUT2D eigenvalue weighted by Crippen LogP contribution is -2.55. The minimum absolute atomic E-state index is 0.0699. The maximum Gasteiger partial charge on any atom is 0.0734 e. The van der Waals surface area contributed by atoms with E-state index in [2.05, 4.69) is 6.08 Å². The van der Waals surface area contributed by atoms with E-state index in [0.717, 1.165) is 56.9 Å². The topological polar surface area (TPSA) is 43.4 Å².